The maximum absolute atomic E-state index is 9.97. The molecule has 96 valence electrons. The summed E-state index contributed by atoms with van der Waals surface area (Å²) in [6.45, 7) is 5.50. The second-order valence-corrected chi connectivity index (χ2v) is 5.42. The summed E-state index contributed by atoms with van der Waals surface area (Å²) in [6, 6.07) is 7.49. The normalized spacial score (nSPS) is 13.6. The van der Waals surface area contributed by atoms with Gasteiger partial charge in [0.15, 0.2) is 0 Å². The van der Waals surface area contributed by atoms with Gasteiger partial charge in [-0.2, -0.15) is 0 Å². The molecule has 1 heterocycles. The predicted molar refractivity (Wildman–Crippen MR) is 76.1 cm³/mol. The summed E-state index contributed by atoms with van der Waals surface area (Å²) in [5.41, 5.74) is 0.901. The molecule has 1 unspecified atom stereocenters. The Labute approximate surface area is 112 Å². The number of anilines is 1. The molecular weight excluding hydrogens is 248 g/mol. The van der Waals surface area contributed by atoms with Crippen LogP contribution in [0.1, 0.15) is 20.8 Å². The van der Waals surface area contributed by atoms with Gasteiger partial charge >= 0.3 is 0 Å². The van der Waals surface area contributed by atoms with Crippen molar-refractivity contribution in [3.05, 3.63) is 35.5 Å². The van der Waals surface area contributed by atoms with Gasteiger partial charge in [0.25, 0.3) is 0 Å². The smallest absolute Gasteiger partial charge is 0.0908 e. The molecule has 0 bridgehead atoms. The topological polar surface area (TPSA) is 45.2 Å². The summed E-state index contributed by atoms with van der Waals surface area (Å²) in [6.07, 6.45) is 1.72. The minimum Gasteiger partial charge on any atom is -0.388 e. The van der Waals surface area contributed by atoms with Crippen molar-refractivity contribution in [1.82, 2.24) is 4.98 Å². The molecule has 0 spiro atoms. The molecule has 1 aromatic heterocycles. The summed E-state index contributed by atoms with van der Waals surface area (Å²) >= 11 is 6.12. The fourth-order valence-electron chi connectivity index (χ4n) is 1.67. The van der Waals surface area contributed by atoms with Crippen molar-refractivity contribution >= 4 is 28.2 Å². The first kappa shape index (κ1) is 13.1. The first-order valence-corrected chi connectivity index (χ1v) is 6.29. The minimum absolute atomic E-state index is 0.0814. The van der Waals surface area contributed by atoms with Crippen LogP contribution < -0.4 is 5.32 Å². The first-order chi connectivity index (χ1) is 8.39. The van der Waals surface area contributed by atoms with E-state index in [-0.39, 0.29) is 6.04 Å². The van der Waals surface area contributed by atoms with Gasteiger partial charge < -0.3 is 10.4 Å². The van der Waals surface area contributed by atoms with Crippen molar-refractivity contribution in [3.8, 4) is 0 Å². The largest absolute Gasteiger partial charge is 0.388 e. The molecule has 2 N–H and O–H groups in total. The van der Waals surface area contributed by atoms with Crippen LogP contribution >= 0.6 is 11.6 Å². The Morgan fingerprint density at radius 3 is 2.72 bits per heavy atom. The Hall–Kier alpha value is -1.32. The number of aromatic nitrogens is 1. The van der Waals surface area contributed by atoms with E-state index in [4.69, 9.17) is 11.6 Å². The van der Waals surface area contributed by atoms with Crippen LogP contribution in [0.4, 0.5) is 5.69 Å². The van der Waals surface area contributed by atoms with Crippen LogP contribution in [0.25, 0.3) is 10.9 Å². The predicted octanol–water partition coefficient (Wildman–Crippen LogP) is 3.46. The molecule has 2 rings (SSSR count). The lowest BCUT2D eigenvalue weighted by Crippen LogP contribution is -2.39. The molecule has 1 atom stereocenters. The molecular formula is C14H17ClN2O. The monoisotopic (exact) mass is 264 g/mol. The SMILES string of the molecule is CC(Nc1ccc(Cl)c2ncccc12)C(C)(C)O. The van der Waals surface area contributed by atoms with Gasteiger partial charge in [0.05, 0.1) is 22.2 Å². The van der Waals surface area contributed by atoms with Gasteiger partial charge in [0.1, 0.15) is 0 Å². The molecule has 0 fully saturated rings. The standard InChI is InChI=1S/C14H17ClN2O/c1-9(14(2,3)18)17-12-7-6-11(15)13-10(12)5-4-8-16-13/h4-9,17-18H,1-3H3. The second-order valence-electron chi connectivity index (χ2n) is 5.01. The number of benzene rings is 1. The number of pyridine rings is 1. The molecule has 2 aromatic rings. The van der Waals surface area contributed by atoms with E-state index in [0.717, 1.165) is 16.6 Å². The third-order valence-electron chi connectivity index (χ3n) is 3.15. The van der Waals surface area contributed by atoms with Crippen LogP contribution in [0, 0.1) is 0 Å². The number of rotatable bonds is 3. The Morgan fingerprint density at radius 1 is 1.33 bits per heavy atom. The average molecular weight is 265 g/mol. The molecule has 0 aliphatic heterocycles. The molecule has 0 saturated carbocycles. The van der Waals surface area contributed by atoms with E-state index in [2.05, 4.69) is 10.3 Å². The number of fused-ring (bicyclic) bond motifs is 1. The van der Waals surface area contributed by atoms with Crippen molar-refractivity contribution in [3.63, 3.8) is 0 Å². The molecule has 0 amide bonds. The van der Waals surface area contributed by atoms with Crippen LogP contribution in [-0.2, 0) is 0 Å². The third kappa shape index (κ3) is 2.57. The summed E-state index contributed by atoms with van der Waals surface area (Å²) in [5.74, 6) is 0. The summed E-state index contributed by atoms with van der Waals surface area (Å²) < 4.78 is 0. The third-order valence-corrected chi connectivity index (χ3v) is 3.46. The zero-order chi connectivity index (χ0) is 13.3. The van der Waals surface area contributed by atoms with Gasteiger partial charge in [-0.1, -0.05) is 11.6 Å². The van der Waals surface area contributed by atoms with Gasteiger partial charge in [-0.05, 0) is 45.0 Å². The van der Waals surface area contributed by atoms with Gasteiger partial charge in [0.2, 0.25) is 0 Å². The summed E-state index contributed by atoms with van der Waals surface area (Å²) in [7, 11) is 0. The number of hydrogen-bond donors (Lipinski definition) is 2. The number of nitrogens with one attached hydrogen (secondary N) is 1. The summed E-state index contributed by atoms with van der Waals surface area (Å²) in [5, 5.41) is 14.9. The highest BCUT2D eigenvalue weighted by atomic mass is 35.5. The Kier molecular flexibility index (Phi) is 3.46. The highest BCUT2D eigenvalue weighted by molar-refractivity contribution is 6.35. The number of aliphatic hydroxyl groups is 1. The van der Waals surface area contributed by atoms with Crippen molar-refractivity contribution in [2.24, 2.45) is 0 Å². The van der Waals surface area contributed by atoms with E-state index >= 15 is 0 Å². The zero-order valence-corrected chi connectivity index (χ0v) is 11.5. The van der Waals surface area contributed by atoms with Gasteiger partial charge in [-0.15, -0.1) is 0 Å². The highest BCUT2D eigenvalue weighted by Crippen LogP contribution is 2.29. The highest BCUT2D eigenvalue weighted by Gasteiger charge is 2.22. The Bertz CT molecular complexity index is 563. The molecule has 3 nitrogen and oxygen atoms in total. The molecule has 4 heteroatoms. The van der Waals surface area contributed by atoms with Crippen LogP contribution in [0.15, 0.2) is 30.5 Å². The second kappa shape index (κ2) is 4.75. The molecule has 18 heavy (non-hydrogen) atoms. The average Bonchev–Trinajstić information content (AvgIpc) is 2.32. The lowest BCUT2D eigenvalue weighted by molar-refractivity contribution is 0.0649. The van der Waals surface area contributed by atoms with Gasteiger partial charge in [0, 0.05) is 17.3 Å². The molecule has 0 aliphatic rings. The Balaban J connectivity index is 2.44. The fourth-order valence-corrected chi connectivity index (χ4v) is 1.89. The van der Waals surface area contributed by atoms with E-state index < -0.39 is 5.60 Å². The van der Waals surface area contributed by atoms with E-state index in [1.54, 1.807) is 20.0 Å². The molecule has 0 saturated heterocycles. The van der Waals surface area contributed by atoms with Crippen LogP contribution in [0.5, 0.6) is 0 Å². The van der Waals surface area contributed by atoms with Gasteiger partial charge in [-0.25, -0.2) is 0 Å². The lowest BCUT2D eigenvalue weighted by atomic mass is 10.00. The maximum atomic E-state index is 9.97. The number of halogens is 1. The van der Waals surface area contributed by atoms with Crippen molar-refractivity contribution < 1.29 is 5.11 Å². The van der Waals surface area contributed by atoms with Crippen LogP contribution in [-0.4, -0.2) is 21.7 Å². The minimum atomic E-state index is -0.797. The number of nitrogens with zero attached hydrogens (tertiary/aromatic N) is 1. The zero-order valence-electron chi connectivity index (χ0n) is 10.7. The van der Waals surface area contributed by atoms with Gasteiger partial charge in [-0.3, -0.25) is 4.98 Å². The summed E-state index contributed by atoms with van der Waals surface area (Å²) in [4.78, 5) is 4.28. The van der Waals surface area contributed by atoms with E-state index in [1.165, 1.54) is 0 Å². The van der Waals surface area contributed by atoms with Crippen molar-refractivity contribution in [2.45, 2.75) is 32.4 Å². The molecule has 1 aromatic carbocycles. The number of hydrogen-bond acceptors (Lipinski definition) is 3. The fraction of sp³-hybridized carbons (Fsp3) is 0.357. The lowest BCUT2D eigenvalue weighted by Gasteiger charge is -2.28. The molecule has 0 aliphatic carbocycles. The Morgan fingerprint density at radius 2 is 2.06 bits per heavy atom. The van der Waals surface area contributed by atoms with Crippen LogP contribution in [0.3, 0.4) is 0 Å². The van der Waals surface area contributed by atoms with Crippen molar-refractivity contribution in [2.75, 3.05) is 5.32 Å². The quantitative estimate of drug-likeness (QED) is 0.892. The van der Waals surface area contributed by atoms with Crippen LogP contribution in [0.2, 0.25) is 5.02 Å². The van der Waals surface area contributed by atoms with E-state index in [1.807, 2.05) is 31.2 Å². The maximum Gasteiger partial charge on any atom is 0.0908 e. The van der Waals surface area contributed by atoms with E-state index in [9.17, 15) is 5.11 Å². The van der Waals surface area contributed by atoms with Crippen molar-refractivity contribution in [1.29, 1.82) is 0 Å². The molecule has 0 radical (unpaired) electrons. The first-order valence-electron chi connectivity index (χ1n) is 5.92. The van der Waals surface area contributed by atoms with E-state index in [0.29, 0.717) is 5.02 Å².